The van der Waals surface area contributed by atoms with E-state index in [1.807, 2.05) is 6.66 Å². The first kappa shape index (κ1) is 8.87. The van der Waals surface area contributed by atoms with Gasteiger partial charge in [-0.25, -0.2) is 0 Å². The summed E-state index contributed by atoms with van der Waals surface area (Å²) in [4.78, 5) is 0. The van der Waals surface area contributed by atoms with Crippen LogP contribution < -0.4 is 0 Å². The van der Waals surface area contributed by atoms with Crippen LogP contribution in [0, 0.1) is 0 Å². The quantitative estimate of drug-likeness (QED) is 0.326. The minimum atomic E-state index is 0.750. The third kappa shape index (κ3) is 12.5. The Morgan fingerprint density at radius 3 is 1.50 bits per heavy atom. The molecule has 0 heterocycles. The van der Waals surface area contributed by atoms with Crippen LogP contribution >= 0.6 is 9.24 Å². The normalized spacial score (nSPS) is 2.25. The Morgan fingerprint density at radius 2 is 1.50 bits per heavy atom. The molecule has 0 N–H and O–H groups in total. The zero-order valence-electron chi connectivity index (χ0n) is 2.49. The first-order valence-electron chi connectivity index (χ1n) is 0.781. The summed E-state index contributed by atoms with van der Waals surface area (Å²) in [6, 6.07) is 0. The second-order valence-electron chi connectivity index (χ2n) is 0. The predicted molar refractivity (Wildman–Crippen MR) is 16.3 cm³/mol. The summed E-state index contributed by atoms with van der Waals surface area (Å²) in [7, 11) is 2.42. The van der Waals surface area contributed by atoms with Crippen molar-refractivity contribution in [3.8, 4) is 0 Å². The Morgan fingerprint density at radius 1 is 1.50 bits per heavy atom. The second-order valence-corrected chi connectivity index (χ2v) is 0. The van der Waals surface area contributed by atoms with Gasteiger partial charge < -0.3 is 0 Å². The Balaban J connectivity index is 0. The Bertz CT molecular complexity index is 8.00. The van der Waals surface area contributed by atoms with Gasteiger partial charge in [-0.05, 0) is 0 Å². The van der Waals surface area contributed by atoms with Crippen molar-refractivity contribution in [3.63, 3.8) is 0 Å². The summed E-state index contributed by atoms with van der Waals surface area (Å²) in [6.45, 7) is 1.92. The first-order chi connectivity index (χ1) is 2.00. The molecule has 0 bridgehead atoms. The molecule has 0 aromatic rings. The van der Waals surface area contributed by atoms with Gasteiger partial charge in [-0.3, -0.25) is 0 Å². The van der Waals surface area contributed by atoms with E-state index in [2.05, 4.69) is 9.24 Å². The van der Waals surface area contributed by atoms with Crippen LogP contribution in [-0.4, -0.2) is 6.66 Å². The van der Waals surface area contributed by atoms with Gasteiger partial charge in [0.1, 0.15) is 0 Å². The summed E-state index contributed by atoms with van der Waals surface area (Å²) >= 11 is 0.750. The molecule has 0 saturated carbocycles. The molecule has 0 aromatic heterocycles. The zero-order chi connectivity index (χ0) is 4.00. The molecule has 0 fully saturated rings. The van der Waals surface area contributed by atoms with Crippen molar-refractivity contribution in [2.75, 3.05) is 6.66 Å². The van der Waals surface area contributed by atoms with Gasteiger partial charge in [-0.15, -0.1) is 9.24 Å². The van der Waals surface area contributed by atoms with Crippen molar-refractivity contribution in [1.29, 1.82) is 0 Å². The molecule has 0 aliphatic rings. The molecular weight excluding hydrogens is 107 g/mol. The molecule has 0 saturated heterocycles. The fraction of sp³-hybridized carbons (Fsp3) is 1.00. The maximum absolute atomic E-state index is 8.25. The van der Waals surface area contributed by atoms with Crippen LogP contribution in [0.5, 0.6) is 0 Å². The average molecular weight is 112 g/mol. The zero-order valence-corrected chi connectivity index (χ0v) is 5.20. The Labute approximate surface area is 40.1 Å². The van der Waals surface area contributed by atoms with Gasteiger partial charge in [-0.2, -0.15) is 0 Å². The third-order valence-corrected chi connectivity index (χ3v) is 0. The number of rotatable bonds is 0. The molecule has 1 nitrogen and oxygen atoms in total. The van der Waals surface area contributed by atoms with Crippen molar-refractivity contribution in [1.82, 2.24) is 0 Å². The summed E-state index contributed by atoms with van der Waals surface area (Å²) in [5.41, 5.74) is 0. The van der Waals surface area contributed by atoms with Crippen LogP contribution in [0.2, 0.25) is 0 Å². The van der Waals surface area contributed by atoms with Crippen LogP contribution in [0.25, 0.3) is 0 Å². The minimum absolute atomic E-state index is 0.750. The maximum atomic E-state index is 8.25. The standard InChI is InChI=1S/CH5P.O.Ti/c1-2;;/h2H2,1H3;;. The topological polar surface area (TPSA) is 17.1 Å². The summed E-state index contributed by atoms with van der Waals surface area (Å²) in [5, 5.41) is 0. The molecule has 1 atom stereocenters. The number of hydrogen-bond acceptors (Lipinski definition) is 1. The van der Waals surface area contributed by atoms with Crippen LogP contribution in [0.1, 0.15) is 0 Å². The second kappa shape index (κ2) is 38.3. The molecule has 0 aliphatic heterocycles. The van der Waals surface area contributed by atoms with Gasteiger partial charge in [-0.1, -0.05) is 6.66 Å². The van der Waals surface area contributed by atoms with E-state index in [0.29, 0.717) is 0 Å². The van der Waals surface area contributed by atoms with E-state index in [1.54, 1.807) is 0 Å². The molecule has 3 heteroatoms. The molecule has 0 rings (SSSR count). The molecule has 0 aliphatic carbocycles. The van der Waals surface area contributed by atoms with Crippen molar-refractivity contribution in [3.05, 3.63) is 0 Å². The molecule has 0 aromatic carbocycles. The van der Waals surface area contributed by atoms with Gasteiger partial charge in [0.05, 0.1) is 0 Å². The van der Waals surface area contributed by atoms with Gasteiger partial charge in [0.25, 0.3) is 0 Å². The van der Waals surface area contributed by atoms with Crippen molar-refractivity contribution < 1.29 is 23.7 Å². The number of hydrogen-bond donors (Lipinski definition) is 0. The van der Waals surface area contributed by atoms with Gasteiger partial charge in [0, 0.05) is 0 Å². The summed E-state index contributed by atoms with van der Waals surface area (Å²) in [6.07, 6.45) is 0. The molecule has 24 valence electrons. The van der Waals surface area contributed by atoms with Crippen LogP contribution in [-0.2, 0) is 23.7 Å². The molecule has 0 spiro atoms. The molecule has 0 amide bonds. The average Bonchev–Trinajstić information content (AvgIpc) is 1.50. The van der Waals surface area contributed by atoms with E-state index in [9.17, 15) is 0 Å². The SMILES string of the molecule is CP.[O]=[Ti]. The van der Waals surface area contributed by atoms with Gasteiger partial charge >= 0.3 is 23.7 Å². The molecule has 0 radical (unpaired) electrons. The van der Waals surface area contributed by atoms with E-state index >= 15 is 0 Å². The Kier molecular flexibility index (Phi) is 85.1. The van der Waals surface area contributed by atoms with Crippen LogP contribution in [0.4, 0.5) is 0 Å². The van der Waals surface area contributed by atoms with E-state index in [0.717, 1.165) is 20.4 Å². The van der Waals surface area contributed by atoms with E-state index in [-0.39, 0.29) is 0 Å². The van der Waals surface area contributed by atoms with Gasteiger partial charge in [0.2, 0.25) is 0 Å². The Hall–Kier alpha value is 0.944. The fourth-order valence-electron chi connectivity index (χ4n) is 0. The fourth-order valence-corrected chi connectivity index (χ4v) is 0. The van der Waals surface area contributed by atoms with E-state index in [1.165, 1.54) is 0 Å². The molecule has 1 unspecified atom stereocenters. The molecule has 4 heavy (non-hydrogen) atoms. The van der Waals surface area contributed by atoms with Gasteiger partial charge in [0.15, 0.2) is 0 Å². The predicted octanol–water partition coefficient (Wildman–Crippen LogP) is 0.370. The third-order valence-electron chi connectivity index (χ3n) is 0. The van der Waals surface area contributed by atoms with Crippen LogP contribution in [0.3, 0.4) is 0 Å². The van der Waals surface area contributed by atoms with Crippen molar-refractivity contribution >= 4 is 9.24 Å². The molecular formula is CH5OPTi. The van der Waals surface area contributed by atoms with Crippen molar-refractivity contribution in [2.24, 2.45) is 0 Å². The van der Waals surface area contributed by atoms with E-state index < -0.39 is 0 Å². The van der Waals surface area contributed by atoms with E-state index in [4.69, 9.17) is 3.32 Å². The first-order valence-corrected chi connectivity index (χ1v) is 2.57. The summed E-state index contributed by atoms with van der Waals surface area (Å²) < 4.78 is 8.25. The summed E-state index contributed by atoms with van der Waals surface area (Å²) in [5.74, 6) is 0. The van der Waals surface area contributed by atoms with Crippen LogP contribution in [0.15, 0.2) is 0 Å². The monoisotopic (exact) mass is 112 g/mol. The van der Waals surface area contributed by atoms with Crippen molar-refractivity contribution in [2.45, 2.75) is 0 Å².